The van der Waals surface area contributed by atoms with Crippen LogP contribution in [0.15, 0.2) is 24.3 Å². The second kappa shape index (κ2) is 5.45. The Hall–Kier alpha value is -1.35. The predicted molar refractivity (Wildman–Crippen MR) is 80.0 cm³/mol. The maximum absolute atomic E-state index is 12.8. The zero-order valence-electron chi connectivity index (χ0n) is 12.1. The second-order valence-corrected chi connectivity index (χ2v) is 6.61. The molecule has 1 aliphatic heterocycles. The molecule has 0 N–H and O–H groups in total. The normalized spacial score (nSPS) is 28.5. The Labute approximate surface area is 129 Å². The highest BCUT2D eigenvalue weighted by atomic mass is 35.5. The Morgan fingerprint density at radius 2 is 1.71 bits per heavy atom. The maximum atomic E-state index is 12.8. The Morgan fingerprint density at radius 1 is 1.10 bits per heavy atom. The molecule has 1 heterocycles. The molecule has 0 radical (unpaired) electrons. The molecule has 2 fully saturated rings. The van der Waals surface area contributed by atoms with Crippen LogP contribution in [0.25, 0.3) is 0 Å². The maximum Gasteiger partial charge on any atom is 0.320 e. The largest absolute Gasteiger partial charge is 0.456 e. The summed E-state index contributed by atoms with van der Waals surface area (Å²) >= 11 is 5.89. The summed E-state index contributed by atoms with van der Waals surface area (Å²) in [6, 6.07) is 7.16. The van der Waals surface area contributed by atoms with Crippen LogP contribution in [0, 0.1) is 11.3 Å². The molecule has 0 aromatic heterocycles. The highest BCUT2D eigenvalue weighted by Crippen LogP contribution is 2.47. The van der Waals surface area contributed by atoms with Gasteiger partial charge in [0.2, 0.25) is 0 Å². The molecule has 3 nitrogen and oxygen atoms in total. The standard InChI is InChI=1S/C17H19ClO3/c1-11-14(12-5-7-13(18)8-6-12)21-16(20)17(15(11)19)9-3-2-4-10-17/h5-8,11,14H,2-4,9-10H2,1H3/t11-,14-/m1/s1. The van der Waals surface area contributed by atoms with E-state index in [2.05, 4.69) is 0 Å². The van der Waals surface area contributed by atoms with Crippen LogP contribution in [0.3, 0.4) is 0 Å². The summed E-state index contributed by atoms with van der Waals surface area (Å²) in [4.78, 5) is 25.3. The Morgan fingerprint density at radius 3 is 2.33 bits per heavy atom. The Bertz CT molecular complexity index is 558. The van der Waals surface area contributed by atoms with Crippen molar-refractivity contribution in [3.63, 3.8) is 0 Å². The topological polar surface area (TPSA) is 43.4 Å². The fourth-order valence-corrected chi connectivity index (χ4v) is 3.75. The van der Waals surface area contributed by atoms with Crippen LogP contribution in [0.1, 0.15) is 50.7 Å². The first-order chi connectivity index (χ1) is 10.0. The van der Waals surface area contributed by atoms with Crippen LogP contribution in [0.5, 0.6) is 0 Å². The summed E-state index contributed by atoms with van der Waals surface area (Å²) in [7, 11) is 0. The lowest BCUT2D eigenvalue weighted by molar-refractivity contribution is -0.183. The van der Waals surface area contributed by atoms with Gasteiger partial charge in [-0.1, -0.05) is 49.9 Å². The van der Waals surface area contributed by atoms with Crippen LogP contribution in [-0.4, -0.2) is 11.8 Å². The van der Waals surface area contributed by atoms with Crippen molar-refractivity contribution in [3.8, 4) is 0 Å². The van der Waals surface area contributed by atoms with Gasteiger partial charge in [-0.05, 0) is 30.5 Å². The number of hydrogen-bond donors (Lipinski definition) is 0. The van der Waals surface area contributed by atoms with Crippen molar-refractivity contribution in [3.05, 3.63) is 34.9 Å². The summed E-state index contributed by atoms with van der Waals surface area (Å²) in [5, 5.41) is 0.628. The van der Waals surface area contributed by atoms with Crippen molar-refractivity contribution >= 4 is 23.4 Å². The minimum absolute atomic E-state index is 0.0541. The van der Waals surface area contributed by atoms with Gasteiger partial charge in [0.25, 0.3) is 0 Å². The molecular formula is C17H19ClO3. The van der Waals surface area contributed by atoms with E-state index in [4.69, 9.17) is 16.3 Å². The number of esters is 1. The SMILES string of the molecule is C[C@H]1C(=O)C2(CCCCC2)C(=O)O[C@H]1c1ccc(Cl)cc1. The van der Waals surface area contributed by atoms with Crippen LogP contribution in [-0.2, 0) is 14.3 Å². The number of ketones is 1. The third-order valence-corrected chi connectivity index (χ3v) is 5.12. The van der Waals surface area contributed by atoms with Gasteiger partial charge in [-0.15, -0.1) is 0 Å². The molecule has 2 atom stereocenters. The number of hydrogen-bond acceptors (Lipinski definition) is 3. The molecule has 4 heteroatoms. The van der Waals surface area contributed by atoms with Gasteiger partial charge in [0, 0.05) is 5.02 Å². The zero-order chi connectivity index (χ0) is 15.0. The van der Waals surface area contributed by atoms with Gasteiger partial charge in [-0.2, -0.15) is 0 Å². The smallest absolute Gasteiger partial charge is 0.320 e. The lowest BCUT2D eigenvalue weighted by atomic mass is 9.65. The number of benzene rings is 1. The van der Waals surface area contributed by atoms with Gasteiger partial charge in [0.05, 0.1) is 5.92 Å². The molecule has 3 rings (SSSR count). The Kier molecular flexibility index (Phi) is 3.78. The van der Waals surface area contributed by atoms with Crippen LogP contribution in [0.4, 0.5) is 0 Å². The molecule has 0 unspecified atom stereocenters. The average molecular weight is 307 g/mol. The van der Waals surface area contributed by atoms with E-state index in [1.54, 1.807) is 12.1 Å². The molecule has 2 aliphatic rings. The average Bonchev–Trinajstić information content (AvgIpc) is 2.51. The summed E-state index contributed by atoms with van der Waals surface area (Å²) in [5.74, 6) is -0.578. The minimum Gasteiger partial charge on any atom is -0.456 e. The van der Waals surface area contributed by atoms with E-state index in [0.717, 1.165) is 24.8 Å². The zero-order valence-corrected chi connectivity index (χ0v) is 12.9. The molecule has 112 valence electrons. The van der Waals surface area contributed by atoms with Gasteiger partial charge in [0.1, 0.15) is 11.5 Å². The van der Waals surface area contributed by atoms with E-state index in [0.29, 0.717) is 17.9 Å². The molecule has 1 aromatic carbocycles. The van der Waals surface area contributed by atoms with E-state index >= 15 is 0 Å². The summed E-state index contributed by atoms with van der Waals surface area (Å²) < 4.78 is 5.69. The van der Waals surface area contributed by atoms with Crippen molar-refractivity contribution in [2.75, 3.05) is 0 Å². The highest BCUT2D eigenvalue weighted by Gasteiger charge is 2.55. The van der Waals surface area contributed by atoms with Crippen molar-refractivity contribution < 1.29 is 14.3 Å². The van der Waals surface area contributed by atoms with Crippen LogP contribution >= 0.6 is 11.6 Å². The number of cyclic esters (lactones) is 1. The first-order valence-electron chi connectivity index (χ1n) is 7.55. The molecule has 1 saturated carbocycles. The fourth-order valence-electron chi connectivity index (χ4n) is 3.62. The van der Waals surface area contributed by atoms with E-state index < -0.39 is 11.5 Å². The first kappa shape index (κ1) is 14.6. The van der Waals surface area contributed by atoms with Gasteiger partial charge < -0.3 is 4.74 Å². The number of rotatable bonds is 1. The third kappa shape index (κ3) is 2.38. The molecule has 1 spiro atoms. The number of carbonyl (C=O) groups excluding carboxylic acids is 2. The summed E-state index contributed by atoms with van der Waals surface area (Å²) in [6.45, 7) is 1.87. The predicted octanol–water partition coefficient (Wildman–Crippen LogP) is 4.09. The van der Waals surface area contributed by atoms with Crippen molar-refractivity contribution in [2.24, 2.45) is 11.3 Å². The van der Waals surface area contributed by atoms with E-state index in [1.807, 2.05) is 19.1 Å². The number of ether oxygens (including phenoxy) is 1. The lowest BCUT2D eigenvalue weighted by Gasteiger charge is -2.42. The molecule has 1 aliphatic carbocycles. The van der Waals surface area contributed by atoms with Gasteiger partial charge >= 0.3 is 5.97 Å². The van der Waals surface area contributed by atoms with Crippen LogP contribution in [0.2, 0.25) is 5.02 Å². The second-order valence-electron chi connectivity index (χ2n) is 6.17. The molecule has 1 saturated heterocycles. The highest BCUT2D eigenvalue weighted by molar-refractivity contribution is 6.30. The van der Waals surface area contributed by atoms with Gasteiger partial charge in [-0.3, -0.25) is 9.59 Å². The molecule has 0 bridgehead atoms. The lowest BCUT2D eigenvalue weighted by Crippen LogP contribution is -2.51. The molecule has 1 aromatic rings. The van der Waals surface area contributed by atoms with Crippen molar-refractivity contribution in [2.45, 2.75) is 45.1 Å². The third-order valence-electron chi connectivity index (χ3n) is 4.87. The van der Waals surface area contributed by atoms with Gasteiger partial charge in [0.15, 0.2) is 5.78 Å². The number of halogens is 1. The van der Waals surface area contributed by atoms with E-state index in [1.165, 1.54) is 0 Å². The monoisotopic (exact) mass is 306 g/mol. The number of Topliss-reactive ketones (excluding diaryl/α,β-unsaturated/α-hetero) is 1. The first-order valence-corrected chi connectivity index (χ1v) is 7.93. The van der Waals surface area contributed by atoms with Crippen molar-refractivity contribution in [1.29, 1.82) is 0 Å². The van der Waals surface area contributed by atoms with Crippen molar-refractivity contribution in [1.82, 2.24) is 0 Å². The summed E-state index contributed by atoms with van der Waals surface area (Å²) in [6.07, 6.45) is 3.75. The molecule has 0 amide bonds. The molecule has 21 heavy (non-hydrogen) atoms. The molecular weight excluding hydrogens is 288 g/mol. The van der Waals surface area contributed by atoms with E-state index in [9.17, 15) is 9.59 Å². The minimum atomic E-state index is -0.874. The summed E-state index contributed by atoms with van der Waals surface area (Å²) in [5.41, 5.74) is -0.0418. The van der Waals surface area contributed by atoms with Crippen LogP contribution < -0.4 is 0 Å². The van der Waals surface area contributed by atoms with Gasteiger partial charge in [-0.25, -0.2) is 0 Å². The quantitative estimate of drug-likeness (QED) is 0.579. The Balaban J connectivity index is 1.90. The van der Waals surface area contributed by atoms with E-state index in [-0.39, 0.29) is 17.7 Å². The number of carbonyl (C=O) groups is 2. The fraction of sp³-hybridized carbons (Fsp3) is 0.529.